The third-order valence-electron chi connectivity index (χ3n) is 2.80. The zero-order chi connectivity index (χ0) is 15.4. The van der Waals surface area contributed by atoms with Gasteiger partial charge in [0, 0.05) is 12.2 Å². The molecule has 0 amide bonds. The minimum atomic E-state index is 0.0821. The molecule has 0 aliphatic carbocycles. The number of ether oxygens (including phenoxy) is 1. The summed E-state index contributed by atoms with van der Waals surface area (Å²) in [5, 5.41) is 13.5. The van der Waals surface area contributed by atoms with Crippen LogP contribution in [0.1, 0.15) is 19.4 Å². The molecule has 21 heavy (non-hydrogen) atoms. The van der Waals surface area contributed by atoms with Gasteiger partial charge in [-0.15, -0.1) is 0 Å². The number of aromatic hydroxyl groups is 1. The number of anilines is 1. The number of nitrogens with one attached hydrogen (secondary N) is 1. The van der Waals surface area contributed by atoms with Gasteiger partial charge < -0.3 is 15.2 Å². The Hall–Kier alpha value is -1.58. The van der Waals surface area contributed by atoms with E-state index < -0.39 is 0 Å². The average Bonchev–Trinajstić information content (AvgIpc) is 2.42. The second kappa shape index (κ2) is 6.92. The van der Waals surface area contributed by atoms with Crippen LogP contribution in [0.5, 0.6) is 11.5 Å². The summed E-state index contributed by atoms with van der Waals surface area (Å²) in [4.78, 5) is 0. The van der Waals surface area contributed by atoms with Gasteiger partial charge in [0.25, 0.3) is 0 Å². The highest BCUT2D eigenvalue weighted by Gasteiger charge is 2.05. The summed E-state index contributed by atoms with van der Waals surface area (Å²) in [6.07, 6.45) is 0.0837. The summed E-state index contributed by atoms with van der Waals surface area (Å²) in [7, 11) is 0. The van der Waals surface area contributed by atoms with Crippen molar-refractivity contribution in [2.45, 2.75) is 26.5 Å². The number of halogens is 2. The van der Waals surface area contributed by atoms with Crippen molar-refractivity contribution >= 4 is 28.9 Å². The standard InChI is InChI=1S/C16H17Cl2NO2/c1-10(2)21-16-6-4-12(8-14(16)18)19-9-11-3-5-15(20)13(17)7-11/h3-8,10,19-20H,9H2,1-2H3. The Morgan fingerprint density at radius 2 is 1.86 bits per heavy atom. The highest BCUT2D eigenvalue weighted by molar-refractivity contribution is 6.32. The molecule has 2 aromatic rings. The summed E-state index contributed by atoms with van der Waals surface area (Å²) in [5.74, 6) is 0.753. The molecule has 2 aromatic carbocycles. The van der Waals surface area contributed by atoms with Gasteiger partial charge in [-0.3, -0.25) is 0 Å². The van der Waals surface area contributed by atoms with Gasteiger partial charge in [-0.05, 0) is 49.7 Å². The van der Waals surface area contributed by atoms with Gasteiger partial charge in [0.15, 0.2) is 0 Å². The summed E-state index contributed by atoms with van der Waals surface area (Å²) in [5.41, 5.74) is 1.86. The first kappa shape index (κ1) is 15.8. The van der Waals surface area contributed by atoms with Crippen molar-refractivity contribution in [3.8, 4) is 11.5 Å². The lowest BCUT2D eigenvalue weighted by Crippen LogP contribution is -2.06. The highest BCUT2D eigenvalue weighted by atomic mass is 35.5. The molecular weight excluding hydrogens is 309 g/mol. The largest absolute Gasteiger partial charge is 0.506 e. The first-order chi connectivity index (χ1) is 9.95. The van der Waals surface area contributed by atoms with E-state index in [1.165, 1.54) is 0 Å². The van der Waals surface area contributed by atoms with Crippen LogP contribution in [0.25, 0.3) is 0 Å². The van der Waals surface area contributed by atoms with Gasteiger partial charge in [0.1, 0.15) is 11.5 Å². The Balaban J connectivity index is 2.03. The third kappa shape index (κ3) is 4.45. The first-order valence-corrected chi connectivity index (χ1v) is 7.39. The molecule has 0 heterocycles. The second-order valence-corrected chi connectivity index (χ2v) is 5.77. The van der Waals surface area contributed by atoms with E-state index in [-0.39, 0.29) is 11.9 Å². The van der Waals surface area contributed by atoms with Crippen LogP contribution < -0.4 is 10.1 Å². The van der Waals surface area contributed by atoms with Crippen LogP contribution in [-0.4, -0.2) is 11.2 Å². The lowest BCUT2D eigenvalue weighted by atomic mass is 10.2. The van der Waals surface area contributed by atoms with Crippen molar-refractivity contribution in [2.24, 2.45) is 0 Å². The number of hydrogen-bond donors (Lipinski definition) is 2. The van der Waals surface area contributed by atoms with E-state index in [1.807, 2.05) is 38.1 Å². The van der Waals surface area contributed by atoms with E-state index in [2.05, 4.69) is 5.32 Å². The summed E-state index contributed by atoms with van der Waals surface area (Å²) in [6.45, 7) is 4.49. The van der Waals surface area contributed by atoms with Crippen LogP contribution in [-0.2, 0) is 6.54 Å². The van der Waals surface area contributed by atoms with Crippen LogP contribution in [0.2, 0.25) is 10.0 Å². The molecule has 5 heteroatoms. The van der Waals surface area contributed by atoms with Crippen molar-refractivity contribution in [3.05, 3.63) is 52.0 Å². The number of phenolic OH excluding ortho intramolecular Hbond substituents is 1. The van der Waals surface area contributed by atoms with E-state index >= 15 is 0 Å². The van der Waals surface area contributed by atoms with E-state index in [9.17, 15) is 5.11 Å². The van der Waals surface area contributed by atoms with Gasteiger partial charge >= 0.3 is 0 Å². The van der Waals surface area contributed by atoms with Crippen molar-refractivity contribution < 1.29 is 9.84 Å². The molecule has 0 fully saturated rings. The predicted molar refractivity (Wildman–Crippen MR) is 87.7 cm³/mol. The highest BCUT2D eigenvalue weighted by Crippen LogP contribution is 2.29. The zero-order valence-electron chi connectivity index (χ0n) is 11.9. The molecule has 0 aromatic heterocycles. The molecule has 0 atom stereocenters. The van der Waals surface area contributed by atoms with Gasteiger partial charge in [-0.25, -0.2) is 0 Å². The van der Waals surface area contributed by atoms with Crippen molar-refractivity contribution in [1.29, 1.82) is 0 Å². The van der Waals surface area contributed by atoms with E-state index in [4.69, 9.17) is 27.9 Å². The minimum Gasteiger partial charge on any atom is -0.506 e. The topological polar surface area (TPSA) is 41.5 Å². The van der Waals surface area contributed by atoms with Gasteiger partial charge in [-0.1, -0.05) is 29.3 Å². The molecule has 0 bridgehead atoms. The fourth-order valence-electron chi connectivity index (χ4n) is 1.82. The van der Waals surface area contributed by atoms with E-state index in [0.717, 1.165) is 11.3 Å². The van der Waals surface area contributed by atoms with E-state index in [1.54, 1.807) is 12.1 Å². The number of phenols is 1. The Bertz CT molecular complexity index is 630. The molecule has 0 saturated heterocycles. The van der Waals surface area contributed by atoms with Crippen LogP contribution in [0.4, 0.5) is 5.69 Å². The van der Waals surface area contributed by atoms with E-state index in [0.29, 0.717) is 22.3 Å². The maximum Gasteiger partial charge on any atom is 0.138 e. The lowest BCUT2D eigenvalue weighted by molar-refractivity contribution is 0.242. The summed E-state index contributed by atoms with van der Waals surface area (Å²) < 4.78 is 5.59. The van der Waals surface area contributed by atoms with Crippen molar-refractivity contribution in [3.63, 3.8) is 0 Å². The predicted octanol–water partition coefficient (Wildman–Crippen LogP) is 5.10. The monoisotopic (exact) mass is 325 g/mol. The molecule has 0 saturated carbocycles. The normalized spacial score (nSPS) is 10.7. The molecule has 3 nitrogen and oxygen atoms in total. The maximum atomic E-state index is 9.38. The molecule has 2 rings (SSSR count). The van der Waals surface area contributed by atoms with Gasteiger partial charge in [-0.2, -0.15) is 0 Å². The maximum absolute atomic E-state index is 9.38. The fourth-order valence-corrected chi connectivity index (χ4v) is 2.25. The Labute approximate surface area is 134 Å². The number of rotatable bonds is 5. The van der Waals surface area contributed by atoms with Gasteiger partial charge in [0.05, 0.1) is 16.1 Å². The first-order valence-electron chi connectivity index (χ1n) is 6.63. The third-order valence-corrected chi connectivity index (χ3v) is 3.40. The molecular formula is C16H17Cl2NO2. The molecule has 0 unspecified atom stereocenters. The Morgan fingerprint density at radius 1 is 1.10 bits per heavy atom. The molecule has 0 aliphatic heterocycles. The fraction of sp³-hybridized carbons (Fsp3) is 0.250. The SMILES string of the molecule is CC(C)Oc1ccc(NCc2ccc(O)c(Cl)c2)cc1Cl. The van der Waals surface area contributed by atoms with Crippen LogP contribution >= 0.6 is 23.2 Å². The quantitative estimate of drug-likeness (QED) is 0.803. The lowest BCUT2D eigenvalue weighted by Gasteiger charge is -2.13. The number of hydrogen-bond acceptors (Lipinski definition) is 3. The summed E-state index contributed by atoms with van der Waals surface area (Å²) >= 11 is 12.1. The van der Waals surface area contributed by atoms with Crippen LogP contribution in [0.3, 0.4) is 0 Å². The second-order valence-electron chi connectivity index (χ2n) is 4.95. The zero-order valence-corrected chi connectivity index (χ0v) is 13.4. The van der Waals surface area contributed by atoms with Crippen LogP contribution in [0, 0.1) is 0 Å². The molecule has 0 aliphatic rings. The molecule has 0 spiro atoms. The Kier molecular flexibility index (Phi) is 5.21. The van der Waals surface area contributed by atoms with Crippen molar-refractivity contribution in [1.82, 2.24) is 0 Å². The average molecular weight is 326 g/mol. The molecule has 0 radical (unpaired) electrons. The minimum absolute atomic E-state index is 0.0821. The summed E-state index contributed by atoms with van der Waals surface area (Å²) in [6, 6.07) is 10.7. The van der Waals surface area contributed by atoms with Crippen LogP contribution in [0.15, 0.2) is 36.4 Å². The number of benzene rings is 2. The molecule has 112 valence electrons. The smallest absolute Gasteiger partial charge is 0.138 e. The molecule has 2 N–H and O–H groups in total. The van der Waals surface area contributed by atoms with Crippen molar-refractivity contribution in [2.75, 3.05) is 5.32 Å². The van der Waals surface area contributed by atoms with Gasteiger partial charge in [0.2, 0.25) is 0 Å². The Morgan fingerprint density at radius 3 is 2.48 bits per heavy atom.